The Bertz CT molecular complexity index is 861. The second-order valence-corrected chi connectivity index (χ2v) is 8.12. The topological polar surface area (TPSA) is 42.0 Å². The molecule has 5 nitrogen and oxygen atoms in total. The van der Waals surface area contributed by atoms with Crippen molar-refractivity contribution < 1.29 is 14.3 Å². The van der Waals surface area contributed by atoms with E-state index in [2.05, 4.69) is 43.0 Å². The van der Waals surface area contributed by atoms with Crippen molar-refractivity contribution in [3.8, 4) is 5.75 Å². The molecule has 2 aliphatic rings. The molecule has 0 saturated carbocycles. The predicted octanol–water partition coefficient (Wildman–Crippen LogP) is 3.18. The van der Waals surface area contributed by atoms with Gasteiger partial charge in [0, 0.05) is 31.7 Å². The number of carbonyl (C=O) groups excluding carboxylic acids is 1. The zero-order valence-corrected chi connectivity index (χ0v) is 17.4. The minimum Gasteiger partial charge on any atom is -0.491 e. The molecule has 1 fully saturated rings. The second-order valence-electron chi connectivity index (χ2n) is 8.12. The first-order valence-electron chi connectivity index (χ1n) is 10.5. The maximum absolute atomic E-state index is 13.1. The number of fused-ring (bicyclic) bond motifs is 1. The highest BCUT2D eigenvalue weighted by atomic mass is 16.5. The summed E-state index contributed by atoms with van der Waals surface area (Å²) in [7, 11) is 0. The molecule has 0 spiro atoms. The van der Waals surface area contributed by atoms with Crippen LogP contribution in [0.3, 0.4) is 0 Å². The fraction of sp³-hybridized carbons (Fsp3) is 0.458. The molecule has 2 aromatic rings. The van der Waals surface area contributed by atoms with Gasteiger partial charge < -0.3 is 14.4 Å². The predicted molar refractivity (Wildman–Crippen MR) is 113 cm³/mol. The molecular formula is C24H30N2O3. The zero-order chi connectivity index (χ0) is 20.2. The van der Waals surface area contributed by atoms with Crippen LogP contribution in [-0.4, -0.2) is 54.7 Å². The molecule has 5 heteroatoms. The number of hydrogen-bond donors (Lipinski definition) is 0. The van der Waals surface area contributed by atoms with Gasteiger partial charge in [0.15, 0.2) is 0 Å². The summed E-state index contributed by atoms with van der Waals surface area (Å²) < 4.78 is 11.5. The summed E-state index contributed by atoms with van der Waals surface area (Å²) in [5, 5.41) is 0. The SMILES string of the molecule is Cc1ccccc1CC(=O)N1Cc2cc(CN3CCOCC3)ccc2OC[C@@H]1C. The van der Waals surface area contributed by atoms with Crippen molar-refractivity contribution in [2.75, 3.05) is 32.9 Å². The van der Waals surface area contributed by atoms with E-state index in [1.807, 2.05) is 23.1 Å². The average molecular weight is 395 g/mol. The fourth-order valence-corrected chi connectivity index (χ4v) is 4.06. The molecule has 0 bridgehead atoms. The van der Waals surface area contributed by atoms with Crippen LogP contribution in [0.1, 0.15) is 29.2 Å². The highest BCUT2D eigenvalue weighted by molar-refractivity contribution is 5.79. The highest BCUT2D eigenvalue weighted by Crippen LogP contribution is 2.27. The molecule has 2 aliphatic heterocycles. The molecule has 1 saturated heterocycles. The molecule has 0 unspecified atom stereocenters. The van der Waals surface area contributed by atoms with Crippen molar-refractivity contribution in [3.05, 3.63) is 64.7 Å². The van der Waals surface area contributed by atoms with E-state index in [-0.39, 0.29) is 11.9 Å². The standard InChI is InChI=1S/C24H30N2O3/c1-18-5-3-4-6-21(18)14-24(27)26-16-22-13-20(15-25-9-11-28-12-10-25)7-8-23(22)29-17-19(26)2/h3-8,13,19H,9-12,14-17H2,1-2H3/t19-/m0/s1. The molecule has 0 aliphatic carbocycles. The molecule has 0 aromatic heterocycles. The third-order valence-corrected chi connectivity index (χ3v) is 5.91. The summed E-state index contributed by atoms with van der Waals surface area (Å²) in [5.41, 5.74) is 4.61. The summed E-state index contributed by atoms with van der Waals surface area (Å²) in [4.78, 5) is 17.5. The Balaban J connectivity index is 1.50. The highest BCUT2D eigenvalue weighted by Gasteiger charge is 2.26. The molecule has 0 radical (unpaired) electrons. The van der Waals surface area contributed by atoms with Crippen molar-refractivity contribution in [2.24, 2.45) is 0 Å². The van der Waals surface area contributed by atoms with Crippen molar-refractivity contribution in [1.29, 1.82) is 0 Å². The van der Waals surface area contributed by atoms with Crippen LogP contribution in [0.25, 0.3) is 0 Å². The third kappa shape index (κ3) is 4.80. The van der Waals surface area contributed by atoms with Gasteiger partial charge in [0.25, 0.3) is 0 Å². The van der Waals surface area contributed by atoms with Crippen LogP contribution in [0.5, 0.6) is 5.75 Å². The number of rotatable bonds is 4. The van der Waals surface area contributed by atoms with Crippen LogP contribution in [0.2, 0.25) is 0 Å². The molecule has 4 rings (SSSR count). The lowest BCUT2D eigenvalue weighted by Gasteiger charge is -2.27. The third-order valence-electron chi connectivity index (χ3n) is 5.91. The van der Waals surface area contributed by atoms with Gasteiger partial charge in [-0.1, -0.05) is 30.3 Å². The monoisotopic (exact) mass is 394 g/mol. The molecule has 29 heavy (non-hydrogen) atoms. The van der Waals surface area contributed by atoms with Crippen LogP contribution in [0.4, 0.5) is 0 Å². The number of amides is 1. The summed E-state index contributed by atoms with van der Waals surface area (Å²) in [6.45, 7) is 9.68. The Morgan fingerprint density at radius 3 is 2.72 bits per heavy atom. The van der Waals surface area contributed by atoms with E-state index >= 15 is 0 Å². The smallest absolute Gasteiger partial charge is 0.227 e. The molecule has 1 atom stereocenters. The lowest BCUT2D eigenvalue weighted by atomic mass is 10.0. The number of benzene rings is 2. The Kier molecular flexibility index (Phi) is 6.16. The van der Waals surface area contributed by atoms with E-state index in [1.165, 1.54) is 5.56 Å². The molecule has 154 valence electrons. The van der Waals surface area contributed by atoms with E-state index in [9.17, 15) is 4.79 Å². The Morgan fingerprint density at radius 1 is 1.14 bits per heavy atom. The van der Waals surface area contributed by atoms with E-state index < -0.39 is 0 Å². The maximum Gasteiger partial charge on any atom is 0.227 e. The molecule has 0 N–H and O–H groups in total. The number of nitrogens with zero attached hydrogens (tertiary/aromatic N) is 2. The van der Waals surface area contributed by atoms with Crippen molar-refractivity contribution >= 4 is 5.91 Å². The maximum atomic E-state index is 13.1. The van der Waals surface area contributed by atoms with Gasteiger partial charge in [-0.05, 0) is 42.7 Å². The van der Waals surface area contributed by atoms with E-state index in [4.69, 9.17) is 9.47 Å². The van der Waals surface area contributed by atoms with Crippen molar-refractivity contribution in [2.45, 2.75) is 39.4 Å². The Hall–Kier alpha value is -2.37. The van der Waals surface area contributed by atoms with Crippen LogP contribution in [0, 0.1) is 6.92 Å². The normalized spacial score (nSPS) is 19.9. The summed E-state index contributed by atoms with van der Waals surface area (Å²) in [6, 6.07) is 14.6. The minimum absolute atomic E-state index is 0.0432. The largest absolute Gasteiger partial charge is 0.491 e. The first kappa shape index (κ1) is 19.9. The summed E-state index contributed by atoms with van der Waals surface area (Å²) in [6.07, 6.45) is 0.430. The van der Waals surface area contributed by atoms with Gasteiger partial charge in [0.05, 0.1) is 25.7 Å². The van der Waals surface area contributed by atoms with Crippen molar-refractivity contribution in [1.82, 2.24) is 9.80 Å². The van der Waals surface area contributed by atoms with Gasteiger partial charge in [-0.15, -0.1) is 0 Å². The van der Waals surface area contributed by atoms with Gasteiger partial charge >= 0.3 is 0 Å². The first-order chi connectivity index (χ1) is 14.1. The fourth-order valence-electron chi connectivity index (χ4n) is 4.06. The van der Waals surface area contributed by atoms with Gasteiger partial charge in [0.2, 0.25) is 5.91 Å². The van der Waals surface area contributed by atoms with Gasteiger partial charge in [0.1, 0.15) is 12.4 Å². The lowest BCUT2D eigenvalue weighted by molar-refractivity contribution is -0.133. The summed E-state index contributed by atoms with van der Waals surface area (Å²) >= 11 is 0. The second kappa shape index (κ2) is 8.97. The molecular weight excluding hydrogens is 364 g/mol. The average Bonchev–Trinajstić information content (AvgIpc) is 2.89. The Labute approximate surface area is 173 Å². The lowest BCUT2D eigenvalue weighted by Crippen LogP contribution is -2.40. The van der Waals surface area contributed by atoms with Crippen LogP contribution >= 0.6 is 0 Å². The van der Waals surface area contributed by atoms with Crippen LogP contribution < -0.4 is 4.74 Å². The molecule has 1 amide bonds. The number of ether oxygens (including phenoxy) is 2. The zero-order valence-electron chi connectivity index (χ0n) is 17.4. The summed E-state index contributed by atoms with van der Waals surface area (Å²) in [5.74, 6) is 1.05. The number of aryl methyl sites for hydroxylation is 1. The number of hydrogen-bond acceptors (Lipinski definition) is 4. The minimum atomic E-state index is 0.0432. The van der Waals surface area contributed by atoms with Gasteiger partial charge in [-0.25, -0.2) is 0 Å². The van der Waals surface area contributed by atoms with Crippen LogP contribution in [0.15, 0.2) is 42.5 Å². The number of morpholine rings is 1. The van der Waals surface area contributed by atoms with E-state index in [0.717, 1.165) is 55.3 Å². The van der Waals surface area contributed by atoms with Gasteiger partial charge in [-0.2, -0.15) is 0 Å². The van der Waals surface area contributed by atoms with E-state index in [1.54, 1.807) is 0 Å². The van der Waals surface area contributed by atoms with Crippen molar-refractivity contribution in [3.63, 3.8) is 0 Å². The van der Waals surface area contributed by atoms with Crippen LogP contribution in [-0.2, 0) is 29.0 Å². The Morgan fingerprint density at radius 2 is 1.93 bits per heavy atom. The quantitative estimate of drug-likeness (QED) is 0.799. The molecule has 2 aromatic carbocycles. The van der Waals surface area contributed by atoms with Gasteiger partial charge in [-0.3, -0.25) is 9.69 Å². The van der Waals surface area contributed by atoms with E-state index in [0.29, 0.717) is 19.6 Å². The number of carbonyl (C=O) groups is 1. The first-order valence-corrected chi connectivity index (χ1v) is 10.5. The molecule has 2 heterocycles.